The first-order valence-corrected chi connectivity index (χ1v) is 5.62. The third-order valence-electron chi connectivity index (χ3n) is 1.83. The predicted octanol–water partition coefficient (Wildman–Crippen LogP) is 1.68. The maximum atomic E-state index is 11.1. The molecule has 1 heterocycles. The molecule has 0 aromatic carbocycles. The van der Waals surface area contributed by atoms with Gasteiger partial charge in [-0.3, -0.25) is 4.79 Å². The lowest BCUT2D eigenvalue weighted by atomic mass is 10.3. The van der Waals surface area contributed by atoms with Gasteiger partial charge in [0.15, 0.2) is 0 Å². The van der Waals surface area contributed by atoms with Gasteiger partial charge in [0.2, 0.25) is 5.91 Å². The van der Waals surface area contributed by atoms with Crippen LogP contribution in [0.25, 0.3) is 0 Å². The van der Waals surface area contributed by atoms with Crippen LogP contribution in [0.1, 0.15) is 4.88 Å². The Hall–Kier alpha value is -0.480. The van der Waals surface area contributed by atoms with Gasteiger partial charge < -0.3 is 4.90 Å². The molecule has 0 fully saturated rings. The van der Waals surface area contributed by atoms with Crippen LogP contribution < -0.4 is 0 Å². The summed E-state index contributed by atoms with van der Waals surface area (Å²) < 4.78 is 0. The normalized spacial score (nSPS) is 10.0. The van der Waals surface area contributed by atoms with E-state index in [-0.39, 0.29) is 5.91 Å². The van der Waals surface area contributed by atoms with Crippen molar-refractivity contribution >= 4 is 29.9 Å². The first-order valence-electron chi connectivity index (χ1n) is 4.11. The van der Waals surface area contributed by atoms with Crippen molar-refractivity contribution in [3.8, 4) is 0 Å². The van der Waals surface area contributed by atoms with Crippen LogP contribution in [0.15, 0.2) is 17.5 Å². The Morgan fingerprint density at radius 1 is 1.69 bits per heavy atom. The lowest BCUT2D eigenvalue weighted by Gasteiger charge is -2.14. The summed E-state index contributed by atoms with van der Waals surface area (Å²) >= 11 is 5.66. The molecule has 4 heteroatoms. The minimum absolute atomic E-state index is 0.0832. The smallest absolute Gasteiger partial charge is 0.232 e. The first kappa shape index (κ1) is 10.6. The van der Waals surface area contributed by atoms with Crippen molar-refractivity contribution in [3.63, 3.8) is 0 Å². The minimum Gasteiger partial charge on any atom is -0.345 e. The number of likely N-dealkylation sites (N-methyl/N-ethyl adjacent to an activating group) is 1. The molecule has 0 aliphatic carbocycles. The second-order valence-electron chi connectivity index (χ2n) is 2.80. The van der Waals surface area contributed by atoms with Crippen LogP contribution in [0.2, 0.25) is 0 Å². The van der Waals surface area contributed by atoms with Gasteiger partial charge in [-0.25, -0.2) is 0 Å². The molecule has 1 amide bonds. The van der Waals surface area contributed by atoms with Gasteiger partial charge in [-0.1, -0.05) is 6.07 Å². The molecule has 0 aliphatic rings. The average molecular weight is 215 g/mol. The number of carbonyl (C=O) groups is 1. The first-order chi connectivity index (χ1) is 6.24. The number of hydrogen-bond acceptors (Lipinski definition) is 3. The summed E-state index contributed by atoms with van der Waals surface area (Å²) in [4.78, 5) is 14.2. The fourth-order valence-electron chi connectivity index (χ4n) is 0.978. The Labute approximate surface area is 88.0 Å². The fourth-order valence-corrected chi connectivity index (χ4v) is 1.92. The summed E-state index contributed by atoms with van der Waals surface area (Å²) in [6, 6.07) is 4.12. The monoisotopic (exact) mass is 215 g/mol. The van der Waals surface area contributed by atoms with Gasteiger partial charge in [-0.05, 0) is 17.9 Å². The highest BCUT2D eigenvalue weighted by atomic mass is 32.1. The van der Waals surface area contributed by atoms with Gasteiger partial charge in [0.05, 0.1) is 5.75 Å². The Morgan fingerprint density at radius 2 is 2.46 bits per heavy atom. The van der Waals surface area contributed by atoms with Gasteiger partial charge in [-0.2, -0.15) is 12.6 Å². The van der Waals surface area contributed by atoms with E-state index in [1.807, 2.05) is 13.1 Å². The zero-order valence-electron chi connectivity index (χ0n) is 7.56. The predicted molar refractivity (Wildman–Crippen MR) is 59.5 cm³/mol. The van der Waals surface area contributed by atoms with E-state index >= 15 is 0 Å². The van der Waals surface area contributed by atoms with E-state index in [9.17, 15) is 4.79 Å². The molecule has 2 nitrogen and oxygen atoms in total. The number of amides is 1. The second-order valence-corrected chi connectivity index (χ2v) is 4.15. The molecule has 0 saturated heterocycles. The van der Waals surface area contributed by atoms with Gasteiger partial charge in [0.1, 0.15) is 0 Å². The molecule has 0 radical (unpaired) electrons. The van der Waals surface area contributed by atoms with Crippen molar-refractivity contribution in [1.29, 1.82) is 0 Å². The summed E-state index contributed by atoms with van der Waals surface area (Å²) in [6.45, 7) is 0.778. The van der Waals surface area contributed by atoms with E-state index in [4.69, 9.17) is 0 Å². The maximum absolute atomic E-state index is 11.1. The van der Waals surface area contributed by atoms with Crippen LogP contribution in [-0.2, 0) is 11.2 Å². The third-order valence-corrected chi connectivity index (χ3v) is 3.04. The standard InChI is InChI=1S/C9H13NOS2/c1-10(9(11)7-12)5-4-8-3-2-6-13-8/h2-3,6,12H,4-5,7H2,1H3. The molecule has 1 aromatic heterocycles. The fraction of sp³-hybridized carbons (Fsp3) is 0.444. The molecule has 0 N–H and O–H groups in total. The quantitative estimate of drug-likeness (QED) is 0.758. The van der Waals surface area contributed by atoms with Gasteiger partial charge in [0.25, 0.3) is 0 Å². The Morgan fingerprint density at radius 3 is 3.00 bits per heavy atom. The van der Waals surface area contributed by atoms with Crippen LogP contribution in [0.5, 0.6) is 0 Å². The molecule has 1 aromatic rings. The lowest BCUT2D eigenvalue weighted by molar-refractivity contribution is -0.127. The summed E-state index contributed by atoms with van der Waals surface area (Å²) in [6.07, 6.45) is 0.938. The maximum Gasteiger partial charge on any atom is 0.232 e. The summed E-state index contributed by atoms with van der Waals surface area (Å²) in [5.74, 6) is 0.376. The topological polar surface area (TPSA) is 20.3 Å². The van der Waals surface area contributed by atoms with E-state index in [1.165, 1.54) is 4.88 Å². The SMILES string of the molecule is CN(CCc1cccs1)C(=O)CS. The van der Waals surface area contributed by atoms with E-state index in [2.05, 4.69) is 24.1 Å². The number of rotatable bonds is 4. The summed E-state index contributed by atoms with van der Waals surface area (Å²) in [7, 11) is 1.81. The highest BCUT2D eigenvalue weighted by Gasteiger charge is 2.05. The third kappa shape index (κ3) is 3.40. The van der Waals surface area contributed by atoms with Gasteiger partial charge in [-0.15, -0.1) is 11.3 Å². The Balaban J connectivity index is 2.30. The van der Waals surface area contributed by atoms with E-state index in [0.29, 0.717) is 5.75 Å². The molecule has 0 saturated carbocycles. The van der Waals surface area contributed by atoms with Crippen molar-refractivity contribution in [2.24, 2.45) is 0 Å². The van der Waals surface area contributed by atoms with Crippen LogP contribution in [-0.4, -0.2) is 30.2 Å². The van der Waals surface area contributed by atoms with Crippen LogP contribution in [0, 0.1) is 0 Å². The molecule has 1 rings (SSSR count). The number of hydrogen-bond donors (Lipinski definition) is 1. The van der Waals surface area contributed by atoms with Gasteiger partial charge in [0, 0.05) is 18.5 Å². The average Bonchev–Trinajstić information content (AvgIpc) is 2.65. The van der Waals surface area contributed by atoms with Crippen LogP contribution >= 0.6 is 24.0 Å². The summed E-state index contributed by atoms with van der Waals surface area (Å²) in [5.41, 5.74) is 0. The number of carbonyl (C=O) groups excluding carboxylic acids is 1. The van der Waals surface area contributed by atoms with Crippen molar-refractivity contribution in [2.75, 3.05) is 19.3 Å². The van der Waals surface area contributed by atoms with E-state index in [0.717, 1.165) is 13.0 Å². The molecule has 0 aliphatic heterocycles. The molecular weight excluding hydrogens is 202 g/mol. The molecule has 0 bridgehead atoms. The minimum atomic E-state index is 0.0832. The summed E-state index contributed by atoms with van der Waals surface area (Å²) in [5, 5.41) is 2.05. The Kier molecular flexibility index (Phi) is 4.32. The number of thiol groups is 1. The highest BCUT2D eigenvalue weighted by molar-refractivity contribution is 7.81. The van der Waals surface area contributed by atoms with Crippen LogP contribution in [0.3, 0.4) is 0 Å². The van der Waals surface area contributed by atoms with E-state index in [1.54, 1.807) is 16.2 Å². The van der Waals surface area contributed by atoms with Crippen molar-refractivity contribution < 1.29 is 4.79 Å². The van der Waals surface area contributed by atoms with Crippen molar-refractivity contribution in [2.45, 2.75) is 6.42 Å². The second kappa shape index (κ2) is 5.29. The highest BCUT2D eigenvalue weighted by Crippen LogP contribution is 2.09. The largest absolute Gasteiger partial charge is 0.345 e. The zero-order chi connectivity index (χ0) is 9.68. The van der Waals surface area contributed by atoms with Crippen molar-refractivity contribution in [3.05, 3.63) is 22.4 Å². The molecule has 0 unspecified atom stereocenters. The van der Waals surface area contributed by atoms with E-state index < -0.39 is 0 Å². The Bertz CT molecular complexity index is 259. The molecular formula is C9H13NOS2. The molecule has 13 heavy (non-hydrogen) atoms. The molecule has 72 valence electrons. The van der Waals surface area contributed by atoms with Crippen molar-refractivity contribution in [1.82, 2.24) is 4.90 Å². The molecule has 0 atom stereocenters. The number of thiophene rings is 1. The lowest BCUT2D eigenvalue weighted by Crippen LogP contribution is -2.29. The van der Waals surface area contributed by atoms with Gasteiger partial charge >= 0.3 is 0 Å². The zero-order valence-corrected chi connectivity index (χ0v) is 9.28. The number of nitrogens with zero attached hydrogens (tertiary/aromatic N) is 1. The molecule has 0 spiro atoms. The van der Waals surface area contributed by atoms with Crippen LogP contribution in [0.4, 0.5) is 0 Å².